The standard InChI is InChI=1S/C17H25NO/c1-12-9-10-15(11-13(12)2)17(19)14(3)18-16-7-5-4-6-8-16/h9-11,14,16,18H,4-8H2,1-3H3. The molecule has 1 saturated carbocycles. The maximum absolute atomic E-state index is 12.4. The van der Waals surface area contributed by atoms with Crippen LogP contribution >= 0.6 is 0 Å². The lowest BCUT2D eigenvalue weighted by Gasteiger charge is -2.26. The van der Waals surface area contributed by atoms with Crippen LogP contribution in [0.2, 0.25) is 0 Å². The van der Waals surface area contributed by atoms with Crippen molar-refractivity contribution in [1.29, 1.82) is 0 Å². The molecule has 1 aliphatic rings. The average Bonchev–Trinajstić information content (AvgIpc) is 2.42. The molecule has 1 fully saturated rings. The topological polar surface area (TPSA) is 29.1 Å². The highest BCUT2D eigenvalue weighted by Crippen LogP contribution is 2.19. The van der Waals surface area contributed by atoms with Crippen molar-refractivity contribution in [3.05, 3.63) is 34.9 Å². The van der Waals surface area contributed by atoms with Crippen molar-refractivity contribution in [3.63, 3.8) is 0 Å². The van der Waals surface area contributed by atoms with Crippen molar-refractivity contribution in [1.82, 2.24) is 5.32 Å². The Morgan fingerprint density at radius 3 is 2.47 bits per heavy atom. The molecule has 2 nitrogen and oxygen atoms in total. The summed E-state index contributed by atoms with van der Waals surface area (Å²) in [5.74, 6) is 0.216. The number of carbonyl (C=O) groups is 1. The van der Waals surface area contributed by atoms with Gasteiger partial charge in [0.2, 0.25) is 0 Å². The van der Waals surface area contributed by atoms with Crippen LogP contribution in [-0.2, 0) is 0 Å². The van der Waals surface area contributed by atoms with E-state index in [0.717, 1.165) is 5.56 Å². The molecule has 2 heteroatoms. The third-order valence-corrected chi connectivity index (χ3v) is 4.28. The summed E-state index contributed by atoms with van der Waals surface area (Å²) in [5.41, 5.74) is 3.26. The lowest BCUT2D eigenvalue weighted by molar-refractivity contribution is 0.0940. The number of rotatable bonds is 4. The van der Waals surface area contributed by atoms with Crippen LogP contribution < -0.4 is 5.32 Å². The molecule has 1 unspecified atom stereocenters. The normalized spacial score (nSPS) is 18.3. The molecule has 2 rings (SSSR count). The Bertz CT molecular complexity index is 447. The van der Waals surface area contributed by atoms with Gasteiger partial charge in [-0.15, -0.1) is 0 Å². The first kappa shape index (κ1) is 14.3. The van der Waals surface area contributed by atoms with Gasteiger partial charge in [-0.1, -0.05) is 31.4 Å². The van der Waals surface area contributed by atoms with E-state index in [1.165, 1.54) is 43.2 Å². The third kappa shape index (κ3) is 3.66. The van der Waals surface area contributed by atoms with Gasteiger partial charge in [0.1, 0.15) is 0 Å². The van der Waals surface area contributed by atoms with Crippen LogP contribution in [0.1, 0.15) is 60.5 Å². The number of benzene rings is 1. The number of nitrogens with one attached hydrogen (secondary N) is 1. The molecule has 1 aromatic rings. The van der Waals surface area contributed by atoms with Gasteiger partial charge in [0, 0.05) is 11.6 Å². The van der Waals surface area contributed by atoms with Crippen LogP contribution in [0.4, 0.5) is 0 Å². The third-order valence-electron chi connectivity index (χ3n) is 4.28. The van der Waals surface area contributed by atoms with Crippen molar-refractivity contribution in [2.75, 3.05) is 0 Å². The summed E-state index contributed by atoms with van der Waals surface area (Å²) in [5, 5.41) is 3.50. The van der Waals surface area contributed by atoms with Gasteiger partial charge in [-0.3, -0.25) is 4.79 Å². The maximum atomic E-state index is 12.4. The number of aryl methyl sites for hydroxylation is 2. The first-order valence-corrected chi connectivity index (χ1v) is 7.45. The summed E-state index contributed by atoms with van der Waals surface area (Å²) in [7, 11) is 0. The molecule has 0 saturated heterocycles. The molecule has 1 N–H and O–H groups in total. The smallest absolute Gasteiger partial charge is 0.179 e. The second-order valence-electron chi connectivity index (χ2n) is 5.89. The highest BCUT2D eigenvalue weighted by molar-refractivity contribution is 6.00. The van der Waals surface area contributed by atoms with E-state index in [4.69, 9.17) is 0 Å². The van der Waals surface area contributed by atoms with Crippen molar-refractivity contribution < 1.29 is 4.79 Å². The van der Waals surface area contributed by atoms with E-state index in [1.54, 1.807) is 0 Å². The predicted octanol–water partition coefficient (Wildman–Crippen LogP) is 3.80. The van der Waals surface area contributed by atoms with Gasteiger partial charge in [0.25, 0.3) is 0 Å². The van der Waals surface area contributed by atoms with Gasteiger partial charge in [-0.25, -0.2) is 0 Å². The molecule has 1 aromatic carbocycles. The quantitative estimate of drug-likeness (QED) is 0.833. The van der Waals surface area contributed by atoms with Gasteiger partial charge < -0.3 is 5.32 Å². The summed E-state index contributed by atoms with van der Waals surface area (Å²) >= 11 is 0. The summed E-state index contributed by atoms with van der Waals surface area (Å²) in [6.07, 6.45) is 6.36. The molecule has 0 amide bonds. The SMILES string of the molecule is Cc1ccc(C(=O)C(C)NC2CCCCC2)cc1C. The van der Waals surface area contributed by atoms with E-state index in [0.29, 0.717) is 6.04 Å². The molecule has 0 bridgehead atoms. The number of hydrogen-bond acceptors (Lipinski definition) is 2. The van der Waals surface area contributed by atoms with Crippen molar-refractivity contribution in [2.45, 2.75) is 65.0 Å². The number of carbonyl (C=O) groups excluding carboxylic acids is 1. The Morgan fingerprint density at radius 1 is 1.16 bits per heavy atom. The lowest BCUT2D eigenvalue weighted by atomic mass is 9.93. The first-order valence-electron chi connectivity index (χ1n) is 7.45. The Hall–Kier alpha value is -1.15. The second-order valence-corrected chi connectivity index (χ2v) is 5.89. The van der Waals surface area contributed by atoms with Crippen LogP contribution in [-0.4, -0.2) is 17.9 Å². The number of hydrogen-bond donors (Lipinski definition) is 1. The van der Waals surface area contributed by atoms with Crippen molar-refractivity contribution >= 4 is 5.78 Å². The fourth-order valence-electron chi connectivity index (χ4n) is 2.84. The fourth-order valence-corrected chi connectivity index (χ4v) is 2.84. The summed E-state index contributed by atoms with van der Waals surface area (Å²) in [4.78, 5) is 12.4. The molecular formula is C17H25NO. The Morgan fingerprint density at radius 2 is 1.84 bits per heavy atom. The fraction of sp³-hybridized carbons (Fsp3) is 0.588. The Kier molecular flexibility index (Phi) is 4.76. The van der Waals surface area contributed by atoms with E-state index in [1.807, 2.05) is 25.1 Å². The van der Waals surface area contributed by atoms with Gasteiger partial charge in [-0.05, 0) is 50.8 Å². The minimum absolute atomic E-state index is 0.0785. The minimum atomic E-state index is -0.0785. The monoisotopic (exact) mass is 259 g/mol. The zero-order valence-electron chi connectivity index (χ0n) is 12.3. The van der Waals surface area contributed by atoms with Crippen LogP contribution in [0, 0.1) is 13.8 Å². The molecule has 0 radical (unpaired) electrons. The lowest BCUT2D eigenvalue weighted by Crippen LogP contribution is -2.42. The van der Waals surface area contributed by atoms with Crippen LogP contribution in [0.15, 0.2) is 18.2 Å². The largest absolute Gasteiger partial charge is 0.305 e. The van der Waals surface area contributed by atoms with Gasteiger partial charge >= 0.3 is 0 Å². The van der Waals surface area contributed by atoms with Crippen LogP contribution in [0.3, 0.4) is 0 Å². The molecule has 1 aliphatic carbocycles. The zero-order chi connectivity index (χ0) is 13.8. The Labute approximate surface area is 116 Å². The minimum Gasteiger partial charge on any atom is -0.305 e. The van der Waals surface area contributed by atoms with Gasteiger partial charge in [-0.2, -0.15) is 0 Å². The Balaban J connectivity index is 1.99. The van der Waals surface area contributed by atoms with E-state index >= 15 is 0 Å². The molecule has 0 spiro atoms. The maximum Gasteiger partial charge on any atom is 0.179 e. The number of Topliss-reactive ketones (excluding diaryl/α,β-unsaturated/α-hetero) is 1. The molecule has 19 heavy (non-hydrogen) atoms. The summed E-state index contributed by atoms with van der Waals surface area (Å²) in [6, 6.07) is 6.44. The van der Waals surface area contributed by atoms with E-state index in [2.05, 4.69) is 19.2 Å². The molecular weight excluding hydrogens is 234 g/mol. The van der Waals surface area contributed by atoms with E-state index in [-0.39, 0.29) is 11.8 Å². The average molecular weight is 259 g/mol. The van der Waals surface area contributed by atoms with E-state index in [9.17, 15) is 4.79 Å². The predicted molar refractivity (Wildman–Crippen MR) is 79.7 cm³/mol. The molecule has 104 valence electrons. The van der Waals surface area contributed by atoms with Crippen molar-refractivity contribution in [2.24, 2.45) is 0 Å². The molecule has 0 aliphatic heterocycles. The van der Waals surface area contributed by atoms with Gasteiger partial charge in [0.05, 0.1) is 6.04 Å². The highest BCUT2D eigenvalue weighted by Gasteiger charge is 2.20. The molecule has 0 heterocycles. The summed E-state index contributed by atoms with van der Waals surface area (Å²) < 4.78 is 0. The molecule has 1 atom stereocenters. The first-order chi connectivity index (χ1) is 9.08. The number of ketones is 1. The zero-order valence-corrected chi connectivity index (χ0v) is 12.3. The summed E-state index contributed by atoms with van der Waals surface area (Å²) in [6.45, 7) is 6.13. The molecule has 0 aromatic heterocycles. The van der Waals surface area contributed by atoms with E-state index < -0.39 is 0 Å². The highest BCUT2D eigenvalue weighted by atomic mass is 16.1. The van der Waals surface area contributed by atoms with Crippen LogP contribution in [0.25, 0.3) is 0 Å². The van der Waals surface area contributed by atoms with Crippen molar-refractivity contribution in [3.8, 4) is 0 Å². The van der Waals surface area contributed by atoms with Crippen LogP contribution in [0.5, 0.6) is 0 Å². The second kappa shape index (κ2) is 6.33. The van der Waals surface area contributed by atoms with Gasteiger partial charge in [0.15, 0.2) is 5.78 Å².